The molecular formula is C15H11N5. The van der Waals surface area contributed by atoms with E-state index < -0.39 is 0 Å². The van der Waals surface area contributed by atoms with Crippen molar-refractivity contribution >= 4 is 10.9 Å². The summed E-state index contributed by atoms with van der Waals surface area (Å²) in [6, 6.07) is 18.0. The number of nitrogens with one attached hydrogen (secondary N) is 1. The second kappa shape index (κ2) is 4.31. The molecule has 5 heteroatoms. The van der Waals surface area contributed by atoms with Gasteiger partial charge in [-0.05, 0) is 18.2 Å². The van der Waals surface area contributed by atoms with E-state index >= 15 is 0 Å². The van der Waals surface area contributed by atoms with Crippen molar-refractivity contribution in [3.8, 4) is 17.2 Å². The Bertz CT molecular complexity index is 860. The van der Waals surface area contributed by atoms with Crippen LogP contribution in [0.1, 0.15) is 0 Å². The number of nitrogens with zero attached hydrogens (tertiary/aromatic N) is 4. The topological polar surface area (TPSA) is 59.4 Å². The number of benzene rings is 2. The molecule has 0 bridgehead atoms. The van der Waals surface area contributed by atoms with Gasteiger partial charge in [0, 0.05) is 11.1 Å². The smallest absolute Gasteiger partial charge is 0.189 e. The van der Waals surface area contributed by atoms with E-state index in [0.717, 1.165) is 28.1 Å². The molecule has 20 heavy (non-hydrogen) atoms. The van der Waals surface area contributed by atoms with Crippen LogP contribution in [0.2, 0.25) is 0 Å². The summed E-state index contributed by atoms with van der Waals surface area (Å²) in [5.41, 5.74) is 2.81. The average Bonchev–Trinajstić information content (AvgIpc) is 3.14. The Morgan fingerprint density at radius 1 is 0.900 bits per heavy atom. The van der Waals surface area contributed by atoms with Crippen LogP contribution in [-0.2, 0) is 0 Å². The summed E-state index contributed by atoms with van der Waals surface area (Å²) in [6.07, 6.45) is 1.70. The molecule has 4 rings (SSSR count). The number of rotatable bonds is 2. The fourth-order valence-electron chi connectivity index (χ4n) is 2.31. The summed E-state index contributed by atoms with van der Waals surface area (Å²) < 4.78 is 1.93. The first-order chi connectivity index (χ1) is 9.93. The molecule has 0 saturated heterocycles. The molecule has 5 nitrogen and oxygen atoms in total. The number of hydrogen-bond donors (Lipinski definition) is 1. The zero-order chi connectivity index (χ0) is 13.4. The highest BCUT2D eigenvalue weighted by atomic mass is 15.3. The molecule has 2 aromatic carbocycles. The quantitative estimate of drug-likeness (QED) is 0.603. The largest absolute Gasteiger partial charge is 0.280 e. The predicted octanol–water partition coefficient (Wildman–Crippen LogP) is 2.81. The van der Waals surface area contributed by atoms with Gasteiger partial charge < -0.3 is 0 Å². The minimum atomic E-state index is 0.730. The molecule has 0 radical (unpaired) electrons. The zero-order valence-electron chi connectivity index (χ0n) is 10.6. The third-order valence-electron chi connectivity index (χ3n) is 3.26. The molecule has 0 aliphatic rings. The maximum Gasteiger partial charge on any atom is 0.189 e. The van der Waals surface area contributed by atoms with Crippen LogP contribution in [0.15, 0.2) is 60.9 Å². The predicted molar refractivity (Wildman–Crippen MR) is 76.4 cm³/mol. The van der Waals surface area contributed by atoms with Gasteiger partial charge in [0.1, 0.15) is 12.0 Å². The highest BCUT2D eigenvalue weighted by Gasteiger charge is 2.14. The highest BCUT2D eigenvalue weighted by molar-refractivity contribution is 5.91. The van der Waals surface area contributed by atoms with Crippen molar-refractivity contribution in [1.29, 1.82) is 0 Å². The van der Waals surface area contributed by atoms with E-state index in [9.17, 15) is 0 Å². The van der Waals surface area contributed by atoms with E-state index in [2.05, 4.69) is 20.4 Å². The molecule has 2 heterocycles. The fourth-order valence-corrected chi connectivity index (χ4v) is 2.31. The molecule has 0 atom stereocenters. The lowest BCUT2D eigenvalue weighted by atomic mass is 10.2. The Kier molecular flexibility index (Phi) is 2.35. The van der Waals surface area contributed by atoms with Gasteiger partial charge in [-0.15, -0.1) is 10.2 Å². The summed E-state index contributed by atoms with van der Waals surface area (Å²) in [5, 5.41) is 16.7. The van der Waals surface area contributed by atoms with Gasteiger partial charge in [-0.3, -0.25) is 9.67 Å². The number of fused-ring (bicyclic) bond motifs is 1. The molecule has 2 aromatic heterocycles. The van der Waals surface area contributed by atoms with Crippen molar-refractivity contribution < 1.29 is 0 Å². The summed E-state index contributed by atoms with van der Waals surface area (Å²) >= 11 is 0. The summed E-state index contributed by atoms with van der Waals surface area (Å²) in [7, 11) is 0. The van der Waals surface area contributed by atoms with Crippen molar-refractivity contribution in [3.05, 3.63) is 60.9 Å². The van der Waals surface area contributed by atoms with Gasteiger partial charge in [-0.2, -0.15) is 5.10 Å². The first-order valence-corrected chi connectivity index (χ1v) is 6.32. The van der Waals surface area contributed by atoms with E-state index in [1.807, 2.05) is 59.2 Å². The number of para-hydroxylation sites is 2. The molecule has 0 aliphatic carbocycles. The minimum absolute atomic E-state index is 0.730. The van der Waals surface area contributed by atoms with Gasteiger partial charge >= 0.3 is 0 Å². The first kappa shape index (κ1) is 10.9. The van der Waals surface area contributed by atoms with E-state index in [4.69, 9.17) is 0 Å². The Hall–Kier alpha value is -2.95. The minimum Gasteiger partial charge on any atom is -0.280 e. The third kappa shape index (κ3) is 1.60. The maximum atomic E-state index is 4.38. The normalized spacial score (nSPS) is 11.0. The van der Waals surface area contributed by atoms with Crippen LogP contribution in [0.5, 0.6) is 0 Å². The Labute approximate surface area is 114 Å². The molecule has 4 aromatic rings. The summed E-state index contributed by atoms with van der Waals surface area (Å²) in [5.74, 6) is 0.730. The van der Waals surface area contributed by atoms with Crippen molar-refractivity contribution in [2.24, 2.45) is 0 Å². The molecule has 0 fully saturated rings. The monoisotopic (exact) mass is 261 g/mol. The lowest BCUT2D eigenvalue weighted by Crippen LogP contribution is -1.96. The molecule has 0 saturated carbocycles. The van der Waals surface area contributed by atoms with Gasteiger partial charge in [0.05, 0.1) is 5.52 Å². The van der Waals surface area contributed by atoms with Gasteiger partial charge in [0.25, 0.3) is 0 Å². The van der Waals surface area contributed by atoms with Crippen LogP contribution < -0.4 is 0 Å². The van der Waals surface area contributed by atoms with Gasteiger partial charge in [-0.25, -0.2) is 0 Å². The first-order valence-electron chi connectivity index (χ1n) is 6.32. The number of aromatic amines is 1. The number of aromatic nitrogens is 5. The molecule has 1 N–H and O–H groups in total. The van der Waals surface area contributed by atoms with Crippen LogP contribution in [0.25, 0.3) is 28.1 Å². The zero-order valence-corrected chi connectivity index (χ0v) is 10.6. The molecule has 0 aliphatic heterocycles. The number of hydrogen-bond acceptors (Lipinski definition) is 3. The lowest BCUT2D eigenvalue weighted by Gasteiger charge is -2.04. The Morgan fingerprint density at radius 3 is 2.60 bits per heavy atom. The van der Waals surface area contributed by atoms with Gasteiger partial charge in [-0.1, -0.05) is 36.4 Å². The Balaban J connectivity index is 1.94. The lowest BCUT2D eigenvalue weighted by molar-refractivity contribution is 1.03. The standard InChI is InChI=1S/C15H11N5/c1-2-6-11(7-3-1)20-10-16-19-15(20)14-12-8-4-5-9-13(12)17-18-14/h1-10H,(H,17,18). The van der Waals surface area contributed by atoms with E-state index in [1.54, 1.807) is 6.33 Å². The van der Waals surface area contributed by atoms with Crippen molar-refractivity contribution in [1.82, 2.24) is 25.0 Å². The maximum absolute atomic E-state index is 4.38. The van der Waals surface area contributed by atoms with Crippen LogP contribution in [0, 0.1) is 0 Å². The summed E-state index contributed by atoms with van der Waals surface area (Å²) in [6.45, 7) is 0. The molecule has 0 amide bonds. The molecule has 96 valence electrons. The van der Waals surface area contributed by atoms with Crippen molar-refractivity contribution in [2.45, 2.75) is 0 Å². The third-order valence-corrected chi connectivity index (χ3v) is 3.26. The molecule has 0 spiro atoms. The van der Waals surface area contributed by atoms with Crippen molar-refractivity contribution in [3.63, 3.8) is 0 Å². The molecule has 0 unspecified atom stereocenters. The number of H-pyrrole nitrogens is 1. The van der Waals surface area contributed by atoms with Gasteiger partial charge in [0.15, 0.2) is 5.82 Å². The van der Waals surface area contributed by atoms with Gasteiger partial charge in [0.2, 0.25) is 0 Å². The Morgan fingerprint density at radius 2 is 1.70 bits per heavy atom. The highest BCUT2D eigenvalue weighted by Crippen LogP contribution is 2.25. The molecular weight excluding hydrogens is 250 g/mol. The average molecular weight is 261 g/mol. The van der Waals surface area contributed by atoms with Crippen LogP contribution >= 0.6 is 0 Å². The summed E-state index contributed by atoms with van der Waals surface area (Å²) in [4.78, 5) is 0. The van der Waals surface area contributed by atoms with Crippen LogP contribution in [0.4, 0.5) is 0 Å². The van der Waals surface area contributed by atoms with E-state index in [0.29, 0.717) is 0 Å². The van der Waals surface area contributed by atoms with E-state index in [-0.39, 0.29) is 0 Å². The fraction of sp³-hybridized carbons (Fsp3) is 0. The second-order valence-corrected chi connectivity index (χ2v) is 4.48. The van der Waals surface area contributed by atoms with Crippen LogP contribution in [0.3, 0.4) is 0 Å². The van der Waals surface area contributed by atoms with Crippen molar-refractivity contribution in [2.75, 3.05) is 0 Å². The SMILES string of the molecule is c1ccc(-n2cnnc2-c2n[nH]c3ccccc23)cc1. The second-order valence-electron chi connectivity index (χ2n) is 4.48. The van der Waals surface area contributed by atoms with E-state index in [1.165, 1.54) is 0 Å². The van der Waals surface area contributed by atoms with Crippen LogP contribution in [-0.4, -0.2) is 25.0 Å².